The van der Waals surface area contributed by atoms with Crippen LogP contribution in [0.25, 0.3) is 0 Å². The molecule has 1 aromatic carbocycles. The van der Waals surface area contributed by atoms with Gasteiger partial charge in [-0.3, -0.25) is 9.69 Å². The monoisotopic (exact) mass is 373 g/mol. The normalized spacial score (nSPS) is 17.4. The maximum atomic E-state index is 11.9. The molecule has 1 aliphatic heterocycles. The third-order valence-corrected chi connectivity index (χ3v) is 5.04. The van der Waals surface area contributed by atoms with E-state index in [4.69, 9.17) is 0 Å². The van der Waals surface area contributed by atoms with Crippen molar-refractivity contribution in [3.8, 4) is 0 Å². The summed E-state index contributed by atoms with van der Waals surface area (Å²) in [5, 5.41) is 6.96. The molecule has 2 rings (SSSR count). The van der Waals surface area contributed by atoms with Crippen LogP contribution < -0.4 is 10.6 Å². The van der Waals surface area contributed by atoms with Crippen LogP contribution in [-0.2, 0) is 11.3 Å². The van der Waals surface area contributed by atoms with Crippen molar-refractivity contribution in [1.82, 2.24) is 20.4 Å². The zero-order chi connectivity index (χ0) is 19.6. The number of rotatable bonds is 7. The van der Waals surface area contributed by atoms with Gasteiger partial charge in [-0.05, 0) is 31.7 Å². The predicted octanol–water partition coefficient (Wildman–Crippen LogP) is 2.07. The Balaban J connectivity index is 1.86. The Hall–Kier alpha value is -2.08. The van der Waals surface area contributed by atoms with Crippen molar-refractivity contribution >= 4 is 11.9 Å². The summed E-state index contributed by atoms with van der Waals surface area (Å²) in [6.07, 6.45) is 3.17. The first-order valence-electron chi connectivity index (χ1n) is 10.0. The molecule has 0 saturated carbocycles. The summed E-state index contributed by atoms with van der Waals surface area (Å²) in [6, 6.07) is 11.3. The van der Waals surface area contributed by atoms with Gasteiger partial charge in [0.1, 0.15) is 6.54 Å². The van der Waals surface area contributed by atoms with Crippen LogP contribution in [-0.4, -0.2) is 67.5 Å². The fourth-order valence-electron chi connectivity index (χ4n) is 3.03. The van der Waals surface area contributed by atoms with Crippen LogP contribution in [0.4, 0.5) is 0 Å². The Bertz CT molecular complexity index is 594. The number of hydrogen-bond acceptors (Lipinski definition) is 3. The smallest absolute Gasteiger partial charge is 0.243 e. The minimum Gasteiger partial charge on any atom is -0.354 e. The maximum Gasteiger partial charge on any atom is 0.243 e. The number of aliphatic imine (C=N–C) groups is 1. The van der Waals surface area contributed by atoms with Gasteiger partial charge in [-0.15, -0.1) is 0 Å². The molecular weight excluding hydrogens is 338 g/mol. The third-order valence-electron chi connectivity index (χ3n) is 5.04. The van der Waals surface area contributed by atoms with Crippen LogP contribution in [0.3, 0.4) is 0 Å². The molecule has 1 heterocycles. The molecule has 27 heavy (non-hydrogen) atoms. The van der Waals surface area contributed by atoms with Crippen molar-refractivity contribution < 1.29 is 4.79 Å². The lowest BCUT2D eigenvalue weighted by Gasteiger charge is -2.33. The van der Waals surface area contributed by atoms with E-state index >= 15 is 0 Å². The number of nitrogens with zero attached hydrogens (tertiary/aromatic N) is 3. The minimum atomic E-state index is 0.0120. The lowest BCUT2D eigenvalue weighted by atomic mass is 10.0. The number of nitrogens with one attached hydrogen (secondary N) is 2. The van der Waals surface area contributed by atoms with Crippen LogP contribution in [0.15, 0.2) is 35.3 Å². The summed E-state index contributed by atoms with van der Waals surface area (Å²) in [5.41, 5.74) is 1.37. The van der Waals surface area contributed by atoms with Gasteiger partial charge in [-0.25, -0.2) is 4.99 Å². The van der Waals surface area contributed by atoms with Crippen LogP contribution in [0, 0.1) is 0 Å². The summed E-state index contributed by atoms with van der Waals surface area (Å²) < 4.78 is 0. The molecule has 0 bridgehead atoms. The second kappa shape index (κ2) is 10.9. The largest absolute Gasteiger partial charge is 0.354 e. The molecule has 1 amide bonds. The second-order valence-electron chi connectivity index (χ2n) is 7.59. The lowest BCUT2D eigenvalue weighted by molar-refractivity contribution is -0.127. The fourth-order valence-corrected chi connectivity index (χ4v) is 3.03. The summed E-state index contributed by atoms with van der Waals surface area (Å²) in [4.78, 5) is 20.4. The van der Waals surface area contributed by atoms with Crippen molar-refractivity contribution in [2.75, 3.05) is 33.7 Å². The number of likely N-dealkylation sites (tertiary alicyclic amines) is 1. The van der Waals surface area contributed by atoms with Gasteiger partial charge in [-0.1, -0.05) is 37.3 Å². The first-order valence-corrected chi connectivity index (χ1v) is 10.0. The van der Waals surface area contributed by atoms with E-state index in [1.807, 2.05) is 0 Å². The van der Waals surface area contributed by atoms with Gasteiger partial charge in [0.05, 0.1) is 0 Å². The molecule has 0 spiro atoms. The van der Waals surface area contributed by atoms with Crippen LogP contribution in [0.5, 0.6) is 0 Å². The Morgan fingerprint density at radius 3 is 2.52 bits per heavy atom. The van der Waals surface area contributed by atoms with Crippen molar-refractivity contribution in [3.05, 3.63) is 35.9 Å². The molecule has 1 fully saturated rings. The number of hydrogen-bond donors (Lipinski definition) is 2. The Morgan fingerprint density at radius 2 is 1.93 bits per heavy atom. The number of carbonyl (C=O) groups is 1. The van der Waals surface area contributed by atoms with Crippen molar-refractivity contribution in [3.63, 3.8) is 0 Å². The van der Waals surface area contributed by atoms with Gasteiger partial charge in [0.2, 0.25) is 5.91 Å². The van der Waals surface area contributed by atoms with Crippen molar-refractivity contribution in [2.45, 2.75) is 51.7 Å². The zero-order valence-corrected chi connectivity index (χ0v) is 17.2. The van der Waals surface area contributed by atoms with Crippen LogP contribution in [0.1, 0.15) is 38.7 Å². The molecule has 0 radical (unpaired) electrons. The Labute approximate surface area is 164 Å². The van der Waals surface area contributed by atoms with Crippen LogP contribution >= 0.6 is 0 Å². The first kappa shape index (κ1) is 21.2. The van der Waals surface area contributed by atoms with E-state index in [-0.39, 0.29) is 12.5 Å². The Kier molecular flexibility index (Phi) is 8.58. The van der Waals surface area contributed by atoms with E-state index in [0.29, 0.717) is 12.1 Å². The van der Waals surface area contributed by atoms with Gasteiger partial charge < -0.3 is 15.5 Å². The van der Waals surface area contributed by atoms with Gasteiger partial charge in [0.15, 0.2) is 5.96 Å². The summed E-state index contributed by atoms with van der Waals surface area (Å²) >= 11 is 0. The molecule has 6 heteroatoms. The number of amides is 1. The van der Waals surface area contributed by atoms with E-state index in [2.05, 4.69) is 64.7 Å². The molecule has 0 aromatic heterocycles. The van der Waals surface area contributed by atoms with Gasteiger partial charge in [0.25, 0.3) is 0 Å². The van der Waals surface area contributed by atoms with E-state index in [1.165, 1.54) is 5.56 Å². The fraction of sp³-hybridized carbons (Fsp3) is 0.619. The highest BCUT2D eigenvalue weighted by molar-refractivity contribution is 5.85. The van der Waals surface area contributed by atoms with Gasteiger partial charge in [-0.2, -0.15) is 0 Å². The maximum absolute atomic E-state index is 11.9. The molecular formula is C21H35N5O. The topological polar surface area (TPSA) is 60.0 Å². The van der Waals surface area contributed by atoms with Crippen molar-refractivity contribution in [2.24, 2.45) is 4.99 Å². The van der Waals surface area contributed by atoms with Gasteiger partial charge in [0, 0.05) is 45.8 Å². The highest BCUT2D eigenvalue weighted by Gasteiger charge is 2.20. The quantitative estimate of drug-likeness (QED) is 0.567. The standard InChI is InChI=1S/C21H35N5O/c1-5-17(2)23-21(22-15-20(27)25(3)4)24-19-11-13-26(14-12-19)16-18-9-7-6-8-10-18/h6-10,17,19H,5,11-16H2,1-4H3,(H2,22,23,24). The van der Waals surface area contributed by atoms with Gasteiger partial charge >= 0.3 is 0 Å². The molecule has 1 atom stereocenters. The summed E-state index contributed by atoms with van der Waals surface area (Å²) in [6.45, 7) is 7.60. The second-order valence-corrected chi connectivity index (χ2v) is 7.59. The number of likely N-dealkylation sites (N-methyl/N-ethyl adjacent to an activating group) is 1. The Morgan fingerprint density at radius 1 is 1.26 bits per heavy atom. The van der Waals surface area contributed by atoms with E-state index < -0.39 is 0 Å². The average Bonchev–Trinajstić information content (AvgIpc) is 2.67. The lowest BCUT2D eigenvalue weighted by Crippen LogP contribution is -2.50. The van der Waals surface area contributed by atoms with Crippen molar-refractivity contribution in [1.29, 1.82) is 0 Å². The number of carbonyl (C=O) groups excluding carboxylic acids is 1. The third kappa shape index (κ3) is 7.59. The summed E-state index contributed by atoms with van der Waals surface area (Å²) in [7, 11) is 3.52. The van der Waals surface area contributed by atoms with E-state index in [9.17, 15) is 4.79 Å². The molecule has 0 aliphatic carbocycles. The molecule has 1 aliphatic rings. The number of guanidine groups is 1. The number of piperidine rings is 1. The molecule has 1 unspecified atom stereocenters. The SMILES string of the molecule is CCC(C)NC(=NCC(=O)N(C)C)NC1CCN(Cc2ccccc2)CC1. The highest BCUT2D eigenvalue weighted by Crippen LogP contribution is 2.13. The van der Waals surface area contributed by atoms with E-state index in [1.54, 1.807) is 19.0 Å². The average molecular weight is 374 g/mol. The first-order chi connectivity index (χ1) is 13.0. The van der Waals surface area contributed by atoms with Crippen LogP contribution in [0.2, 0.25) is 0 Å². The minimum absolute atomic E-state index is 0.0120. The molecule has 6 nitrogen and oxygen atoms in total. The molecule has 150 valence electrons. The molecule has 1 aromatic rings. The summed E-state index contributed by atoms with van der Waals surface area (Å²) in [5.74, 6) is 0.763. The highest BCUT2D eigenvalue weighted by atomic mass is 16.2. The molecule has 1 saturated heterocycles. The predicted molar refractivity (Wildman–Crippen MR) is 112 cm³/mol. The number of benzene rings is 1. The van der Waals surface area contributed by atoms with E-state index in [0.717, 1.165) is 44.9 Å². The molecule has 2 N–H and O–H groups in total. The zero-order valence-electron chi connectivity index (χ0n) is 17.2.